The van der Waals surface area contributed by atoms with Gasteiger partial charge in [-0.05, 0) is 330 Å². The van der Waals surface area contributed by atoms with Crippen LogP contribution in [0.4, 0.5) is 59.6 Å². The molecule has 0 aromatic heterocycles. The Hall–Kier alpha value is -10.5. The van der Waals surface area contributed by atoms with Gasteiger partial charge < -0.3 is 82.6 Å². The Morgan fingerprint density at radius 2 is 0.718 bits per heavy atom. The van der Waals surface area contributed by atoms with E-state index >= 15 is 0 Å². The van der Waals surface area contributed by atoms with Crippen LogP contribution in [0.3, 0.4) is 0 Å². The van der Waals surface area contributed by atoms with Crippen molar-refractivity contribution in [1.29, 1.82) is 0 Å². The predicted molar refractivity (Wildman–Crippen MR) is 568 cm³/mol. The number of carbonyl (C=O) groups excluding carboxylic acids is 1. The summed E-state index contributed by atoms with van der Waals surface area (Å²) in [7, 11) is 8.33. The van der Waals surface area contributed by atoms with Gasteiger partial charge in [0.05, 0.1) is 73.4 Å². The quantitative estimate of drug-likeness (QED) is 0.0131. The molecule has 12 atom stereocenters. The Balaban J connectivity index is 0.000000170. The number of alkyl halides is 6. The Labute approximate surface area is 841 Å². The number of phenols is 1. The predicted octanol–water partition coefficient (Wildman–Crippen LogP) is 23.2. The van der Waals surface area contributed by atoms with E-state index in [1.807, 2.05) is 99.6 Å². The molecule has 10 aromatic carbocycles. The summed E-state index contributed by atoms with van der Waals surface area (Å²) in [6.07, 6.45) is 3.42. The summed E-state index contributed by atoms with van der Waals surface area (Å²) in [5, 5.41) is 81.9. The van der Waals surface area contributed by atoms with Crippen molar-refractivity contribution < 1.29 is 61.8 Å². The van der Waals surface area contributed by atoms with E-state index in [-0.39, 0.29) is 84.4 Å². The smallest absolute Gasteiger partial charge is 0.416 e. The van der Waals surface area contributed by atoms with Gasteiger partial charge in [-0.25, -0.2) is 4.79 Å². The van der Waals surface area contributed by atoms with Crippen molar-refractivity contribution in [2.45, 2.75) is 224 Å². The lowest BCUT2D eigenvalue weighted by molar-refractivity contribution is -0.138. The summed E-state index contributed by atoms with van der Waals surface area (Å²) >= 11 is 0. The number of aryl methyl sites for hydroxylation is 1. The second kappa shape index (κ2) is 53.9. The Bertz CT molecular complexity index is 5450. The van der Waals surface area contributed by atoms with Crippen molar-refractivity contribution in [2.24, 2.45) is 29.6 Å². The minimum absolute atomic E-state index is 0.0302. The summed E-state index contributed by atoms with van der Waals surface area (Å²) in [6, 6.07) is 78.1. The number of benzene rings is 10. The molecule has 13 N–H and O–H groups in total. The molecule has 0 saturated heterocycles. The van der Waals surface area contributed by atoms with Crippen LogP contribution in [-0.2, 0) is 61.7 Å². The van der Waals surface area contributed by atoms with Gasteiger partial charge in [0.1, 0.15) is 5.75 Å². The van der Waals surface area contributed by atoms with Crippen LogP contribution in [-0.4, -0.2) is 182 Å². The lowest BCUT2D eigenvalue weighted by Gasteiger charge is -2.36. The molecule has 10 unspecified atom stereocenters. The molecular formula is C118H159F6N11O7. The first kappa shape index (κ1) is 112. The fraction of sp³-hybridized carbons (Fsp3) is 0.483. The number of hydrogen-bond donors (Lipinski definition) is 13. The highest BCUT2D eigenvalue weighted by Crippen LogP contribution is 2.48. The normalized spacial score (nSPS) is 19.5. The standard InChI is InChI=1S/C27H40N4O.C24H31F3N2O2.C23H31NO3.C22H27F3N2O.C22H30N2/c1-27(2,3)23-13-14-24-22(19-23)18-21(25(30-24)20-10-7-6-8-11-20)12-9-15-28-26(32)29-16-17-31(4)5;1-2-29(12-13-30)16-21(31)10-8-18-14-19-15-20(24(25,26)27)9-11-22(19)28-23(18)17-6-4-3-5-7-17;1-23(2,3)18-8-10-21-17(12-18)11-16(7-9-20(27)14-25)22(24-21)15-5-4-6-19(26)13-15;1-2-27(12-13-28)11-10-17-14-18-15-19(22(23,24)25)8-9-20(18)26-21(17)16-6-4-3-5-7-16;1-4-17-12-13-21-20(15-17)16-19(11-8-14-24(2)3)22(23-21)18-9-6-5-7-10-18/h6-8,10-11,13-14,19,21,25,30H,9,12,15-18H2,1-5H3,(H2,28,29,32);3-7,9,11,15,18,21,23,28,30-31H,2,8,10,12-14,16H2,1H3;4-6,8,10,12-13,16,20,22,24-27H,7,9,11,14H2,1-3H3;3-9,15,17,21,26,28H,2,10-14H2,1H3;5-7,9-10,12-13,15,19,22-23H,4,8,11,14,16H2,1-3H3/t21-,25+;;;;/m1..../s1. The first-order valence-electron chi connectivity index (χ1n) is 51.5. The number of phenolic OH excluding ortho intramolecular Hbond substituents is 1. The van der Waals surface area contributed by atoms with E-state index in [0.29, 0.717) is 88.3 Å². The molecule has 5 heterocycles. The van der Waals surface area contributed by atoms with E-state index in [2.05, 4.69) is 242 Å². The van der Waals surface area contributed by atoms with Crippen molar-refractivity contribution in [3.8, 4) is 5.75 Å². The van der Waals surface area contributed by atoms with Gasteiger partial charge in [0.25, 0.3) is 0 Å². The topological polar surface area (TPSA) is 236 Å². The fourth-order valence-electron chi connectivity index (χ4n) is 20.4. The minimum atomic E-state index is -4.37. The van der Waals surface area contributed by atoms with Gasteiger partial charge in [0.15, 0.2) is 0 Å². The number of urea groups is 1. The van der Waals surface area contributed by atoms with Gasteiger partial charge in [-0.1, -0.05) is 232 Å². The van der Waals surface area contributed by atoms with Crippen LogP contribution in [0.25, 0.3) is 0 Å². The zero-order chi connectivity index (χ0) is 102. The second-order valence-corrected chi connectivity index (χ2v) is 41.8. The van der Waals surface area contributed by atoms with Crippen molar-refractivity contribution in [1.82, 2.24) is 30.2 Å². The highest BCUT2D eigenvalue weighted by Gasteiger charge is 2.40. The number of amides is 2. The first-order valence-corrected chi connectivity index (χ1v) is 51.5. The molecule has 142 heavy (non-hydrogen) atoms. The maximum atomic E-state index is 13.2. The number of rotatable bonds is 35. The number of hydrogen-bond acceptors (Lipinski definition) is 16. The lowest BCUT2D eigenvalue weighted by atomic mass is 9.78. The largest absolute Gasteiger partial charge is 0.508 e. The van der Waals surface area contributed by atoms with E-state index in [0.717, 1.165) is 123 Å². The first-order chi connectivity index (χ1) is 67.9. The molecule has 0 fully saturated rings. The average Bonchev–Trinajstić information content (AvgIpc) is 0.832. The summed E-state index contributed by atoms with van der Waals surface area (Å²) in [6.45, 7) is 27.0. The number of likely N-dealkylation sites (N-methyl/N-ethyl adjacent to an activating group) is 3. The van der Waals surface area contributed by atoms with Crippen LogP contribution in [0.2, 0.25) is 0 Å². The van der Waals surface area contributed by atoms with Crippen LogP contribution in [0.5, 0.6) is 5.75 Å². The van der Waals surface area contributed by atoms with Crippen LogP contribution in [0, 0.1) is 29.6 Å². The third kappa shape index (κ3) is 33.5. The number of nitrogens with zero attached hydrogens (tertiary/aromatic N) is 4. The highest BCUT2D eigenvalue weighted by molar-refractivity contribution is 5.73. The molecule has 2 amide bonds. The molecule has 18 nitrogen and oxygen atoms in total. The van der Waals surface area contributed by atoms with E-state index in [1.165, 1.54) is 99.9 Å². The van der Waals surface area contributed by atoms with Crippen molar-refractivity contribution >= 4 is 34.5 Å². The van der Waals surface area contributed by atoms with E-state index in [9.17, 15) is 51.6 Å². The van der Waals surface area contributed by atoms with Crippen LogP contribution < -0.4 is 37.2 Å². The number of halogens is 6. The second-order valence-electron chi connectivity index (χ2n) is 41.8. The van der Waals surface area contributed by atoms with E-state index in [4.69, 9.17) is 10.2 Å². The van der Waals surface area contributed by atoms with E-state index in [1.54, 1.807) is 12.1 Å². The summed E-state index contributed by atoms with van der Waals surface area (Å²) in [5.41, 5.74) is 20.0. The Kier molecular flexibility index (Phi) is 42.4. The van der Waals surface area contributed by atoms with Gasteiger partial charge in [-0.15, -0.1) is 0 Å². The SMILES string of the molecule is CC(C)(C)c1ccc2c(c1)CC(CCC(O)CO)C(c1cccc(O)c1)N2.CCN(CCO)CC(O)CCC1Cc2cc(C(F)(F)F)ccc2NC1c1ccccc1.CCN(CCO)CCC1Cc2cc(C(F)(F)F)ccc2NC1c1ccccc1.CCc1ccc2c(c1)CC(CCCN(C)C)C(c1ccccc1)N2.CN(C)CCNC(=O)NCCC[C@@H]1Cc2cc(C(C)(C)C)ccc2N[C@H]1c1ccccc1. The number of aliphatic hydroxyl groups excluding tert-OH is 5. The lowest BCUT2D eigenvalue weighted by Crippen LogP contribution is -2.39. The zero-order valence-corrected chi connectivity index (χ0v) is 85.9. The highest BCUT2D eigenvalue weighted by atomic mass is 19.4. The van der Waals surface area contributed by atoms with Crippen LogP contribution in [0.1, 0.15) is 234 Å². The van der Waals surface area contributed by atoms with Gasteiger partial charge in [0.2, 0.25) is 0 Å². The molecule has 0 spiro atoms. The monoisotopic (exact) mass is 1960 g/mol. The fourth-order valence-corrected chi connectivity index (χ4v) is 20.4. The van der Waals surface area contributed by atoms with Gasteiger partial charge in [-0.3, -0.25) is 4.90 Å². The summed E-state index contributed by atoms with van der Waals surface area (Å²) in [5.74, 6) is 1.91. The molecule has 0 radical (unpaired) electrons. The van der Waals surface area contributed by atoms with Gasteiger partial charge in [-0.2, -0.15) is 26.3 Å². The Morgan fingerprint density at radius 3 is 1.09 bits per heavy atom. The molecule has 15 rings (SSSR count). The molecule has 24 heteroatoms. The molecule has 0 aliphatic carbocycles. The maximum absolute atomic E-state index is 13.2. The number of anilines is 5. The van der Waals surface area contributed by atoms with E-state index < -0.39 is 35.7 Å². The molecule has 5 aliphatic rings. The van der Waals surface area contributed by atoms with Gasteiger partial charge in [0, 0.05) is 67.7 Å². The van der Waals surface area contributed by atoms with Crippen molar-refractivity contribution in [3.63, 3.8) is 0 Å². The number of carbonyl (C=O) groups is 1. The Morgan fingerprint density at radius 1 is 0.373 bits per heavy atom. The number of aliphatic hydroxyl groups is 5. The molecule has 5 aliphatic heterocycles. The number of nitrogens with one attached hydrogen (secondary N) is 7. The number of aromatic hydroxyl groups is 1. The van der Waals surface area contributed by atoms with Crippen molar-refractivity contribution in [2.75, 3.05) is 140 Å². The molecular weight excluding hydrogens is 1800 g/mol. The molecule has 0 saturated carbocycles. The molecule has 10 aromatic rings. The minimum Gasteiger partial charge on any atom is -0.508 e. The average molecular weight is 1960 g/mol. The summed E-state index contributed by atoms with van der Waals surface area (Å²) in [4.78, 5) is 20.5. The molecule has 770 valence electrons. The number of fused-ring (bicyclic) bond motifs is 5. The third-order valence-electron chi connectivity index (χ3n) is 28.6. The van der Waals surface area contributed by atoms with Gasteiger partial charge >= 0.3 is 18.4 Å². The van der Waals surface area contributed by atoms with Crippen LogP contribution in [0.15, 0.2) is 237 Å². The van der Waals surface area contributed by atoms with Crippen LogP contribution >= 0.6 is 0 Å². The maximum Gasteiger partial charge on any atom is 0.416 e. The third-order valence-corrected chi connectivity index (χ3v) is 28.6. The zero-order valence-electron chi connectivity index (χ0n) is 85.9. The molecule has 0 bridgehead atoms. The van der Waals surface area contributed by atoms with Crippen molar-refractivity contribution in [3.05, 3.63) is 320 Å². The summed E-state index contributed by atoms with van der Waals surface area (Å²) < 4.78 is 79.0.